The van der Waals surface area contributed by atoms with Gasteiger partial charge in [-0.15, -0.1) is 0 Å². The highest BCUT2D eigenvalue weighted by Crippen LogP contribution is 2.23. The van der Waals surface area contributed by atoms with Crippen LogP contribution in [-0.4, -0.2) is 26.4 Å². The van der Waals surface area contributed by atoms with E-state index in [4.69, 9.17) is 16.3 Å². The maximum absolute atomic E-state index is 12.0. The number of nitrogens with zero attached hydrogens (tertiary/aromatic N) is 1. The third kappa shape index (κ3) is 4.72. The first kappa shape index (κ1) is 15.8. The second-order valence-electron chi connectivity index (χ2n) is 4.98. The first-order valence-corrected chi connectivity index (χ1v) is 7.72. The van der Waals surface area contributed by atoms with Crippen LogP contribution in [0.25, 0.3) is 0 Å². The van der Waals surface area contributed by atoms with E-state index in [1.807, 2.05) is 0 Å². The van der Waals surface area contributed by atoms with Gasteiger partial charge < -0.3 is 4.74 Å². The summed E-state index contributed by atoms with van der Waals surface area (Å²) in [7, 11) is -3.79. The second-order valence-corrected chi connectivity index (χ2v) is 7.25. The quantitative estimate of drug-likeness (QED) is 0.842. The fraction of sp³-hybridized carbons (Fsp3) is 0.417. The van der Waals surface area contributed by atoms with Crippen LogP contribution in [0.15, 0.2) is 24.3 Å². The Morgan fingerprint density at radius 1 is 1.21 bits per heavy atom. The van der Waals surface area contributed by atoms with Crippen LogP contribution < -0.4 is 4.31 Å². The van der Waals surface area contributed by atoms with E-state index in [0.29, 0.717) is 9.33 Å². The van der Waals surface area contributed by atoms with E-state index in [1.54, 1.807) is 20.8 Å². The van der Waals surface area contributed by atoms with Gasteiger partial charge in [-0.05, 0) is 45.0 Å². The molecule has 7 heteroatoms. The molecule has 19 heavy (non-hydrogen) atoms. The molecule has 0 heterocycles. The zero-order chi connectivity index (χ0) is 14.8. The van der Waals surface area contributed by atoms with Crippen LogP contribution in [-0.2, 0) is 14.8 Å². The third-order valence-electron chi connectivity index (χ3n) is 1.95. The molecule has 0 unspecified atom stereocenters. The van der Waals surface area contributed by atoms with Crippen molar-refractivity contribution >= 4 is 33.4 Å². The van der Waals surface area contributed by atoms with Crippen molar-refractivity contribution in [3.05, 3.63) is 29.3 Å². The number of ether oxygens (including phenoxy) is 1. The van der Waals surface area contributed by atoms with Crippen molar-refractivity contribution in [3.63, 3.8) is 0 Å². The van der Waals surface area contributed by atoms with E-state index in [2.05, 4.69) is 0 Å². The Morgan fingerprint density at radius 2 is 1.68 bits per heavy atom. The third-order valence-corrected chi connectivity index (χ3v) is 3.23. The predicted molar refractivity (Wildman–Crippen MR) is 75.0 cm³/mol. The zero-order valence-electron chi connectivity index (χ0n) is 11.2. The van der Waals surface area contributed by atoms with Crippen molar-refractivity contribution in [1.82, 2.24) is 0 Å². The molecule has 0 atom stereocenters. The Hall–Kier alpha value is -1.27. The van der Waals surface area contributed by atoms with Crippen LogP contribution in [0.1, 0.15) is 20.8 Å². The molecule has 0 bridgehead atoms. The summed E-state index contributed by atoms with van der Waals surface area (Å²) >= 11 is 5.73. The van der Waals surface area contributed by atoms with Crippen molar-refractivity contribution in [3.8, 4) is 0 Å². The highest BCUT2D eigenvalue weighted by molar-refractivity contribution is 7.92. The molecule has 1 aromatic carbocycles. The van der Waals surface area contributed by atoms with Gasteiger partial charge in [0.05, 0.1) is 11.9 Å². The zero-order valence-corrected chi connectivity index (χ0v) is 12.7. The van der Waals surface area contributed by atoms with Crippen molar-refractivity contribution in [2.75, 3.05) is 10.6 Å². The van der Waals surface area contributed by atoms with E-state index < -0.39 is 21.7 Å². The summed E-state index contributed by atoms with van der Waals surface area (Å²) < 4.78 is 29.2. The normalized spacial score (nSPS) is 12.1. The number of anilines is 1. The lowest BCUT2D eigenvalue weighted by atomic mass is 10.2. The molecule has 0 aliphatic heterocycles. The number of sulfonamides is 1. The Bertz CT molecular complexity index is 560. The van der Waals surface area contributed by atoms with Crippen molar-refractivity contribution in [2.24, 2.45) is 0 Å². The lowest BCUT2D eigenvalue weighted by molar-refractivity contribution is 0.0609. The molecule has 1 amide bonds. The van der Waals surface area contributed by atoms with Crippen LogP contribution in [0.2, 0.25) is 5.02 Å². The Labute approximate surface area is 118 Å². The van der Waals surface area contributed by atoms with Crippen molar-refractivity contribution in [1.29, 1.82) is 0 Å². The number of rotatable bonds is 2. The van der Waals surface area contributed by atoms with Crippen LogP contribution in [0, 0.1) is 0 Å². The molecular weight excluding hydrogens is 290 g/mol. The molecule has 0 N–H and O–H groups in total. The Balaban J connectivity index is 3.17. The molecule has 0 aliphatic carbocycles. The maximum Gasteiger partial charge on any atom is 0.428 e. The summed E-state index contributed by atoms with van der Waals surface area (Å²) in [4.78, 5) is 12.0. The lowest BCUT2D eigenvalue weighted by Crippen LogP contribution is -2.40. The fourth-order valence-electron chi connectivity index (χ4n) is 1.31. The van der Waals surface area contributed by atoms with Crippen molar-refractivity contribution in [2.45, 2.75) is 26.4 Å². The van der Waals surface area contributed by atoms with E-state index >= 15 is 0 Å². The monoisotopic (exact) mass is 305 g/mol. The SMILES string of the molecule is CC(C)(C)OC(=O)N(c1ccc(Cl)cc1)S(C)(=O)=O. The average Bonchev–Trinajstić information content (AvgIpc) is 2.16. The Morgan fingerprint density at radius 3 is 2.05 bits per heavy atom. The molecular formula is C12H16ClNO4S. The van der Waals surface area contributed by atoms with Gasteiger partial charge in [0.1, 0.15) is 5.60 Å². The number of hydrogen-bond acceptors (Lipinski definition) is 4. The Kier molecular flexibility index (Phi) is 4.47. The van der Waals surface area contributed by atoms with Gasteiger partial charge in [-0.3, -0.25) is 0 Å². The molecule has 1 aromatic rings. The van der Waals surface area contributed by atoms with Gasteiger partial charge in [0, 0.05) is 5.02 Å². The smallest absolute Gasteiger partial charge is 0.428 e. The molecule has 0 radical (unpaired) electrons. The van der Waals surface area contributed by atoms with E-state index in [1.165, 1.54) is 24.3 Å². The first-order chi connectivity index (χ1) is 8.50. The number of carbonyl (C=O) groups excluding carboxylic acids is 1. The predicted octanol–water partition coefficient (Wildman–Crippen LogP) is 3.04. The summed E-state index contributed by atoms with van der Waals surface area (Å²) in [6.45, 7) is 4.98. The molecule has 0 fully saturated rings. The maximum atomic E-state index is 12.0. The van der Waals surface area contributed by atoms with Crippen LogP contribution in [0.3, 0.4) is 0 Å². The van der Waals surface area contributed by atoms with E-state index in [0.717, 1.165) is 6.26 Å². The molecule has 0 spiro atoms. The van der Waals surface area contributed by atoms with Gasteiger partial charge in [0.25, 0.3) is 0 Å². The van der Waals surface area contributed by atoms with Gasteiger partial charge in [-0.25, -0.2) is 13.2 Å². The van der Waals surface area contributed by atoms with E-state index in [9.17, 15) is 13.2 Å². The van der Waals surface area contributed by atoms with Gasteiger partial charge in [-0.2, -0.15) is 4.31 Å². The summed E-state index contributed by atoms with van der Waals surface area (Å²) in [5, 5.41) is 0.446. The summed E-state index contributed by atoms with van der Waals surface area (Å²) in [6.07, 6.45) is -0.0109. The molecule has 0 saturated carbocycles. The van der Waals surface area contributed by atoms with Gasteiger partial charge in [-0.1, -0.05) is 11.6 Å². The minimum atomic E-state index is -3.79. The largest absolute Gasteiger partial charge is 0.443 e. The summed E-state index contributed by atoms with van der Waals surface area (Å²) in [5.74, 6) is 0. The molecule has 0 aromatic heterocycles. The molecule has 0 saturated heterocycles. The standard InChI is InChI=1S/C12H16ClNO4S/c1-12(2,3)18-11(15)14(19(4,16)17)10-7-5-9(13)6-8-10/h5-8H,1-4H3. The minimum Gasteiger partial charge on any atom is -0.443 e. The lowest BCUT2D eigenvalue weighted by Gasteiger charge is -2.25. The number of hydrogen-bond donors (Lipinski definition) is 0. The first-order valence-electron chi connectivity index (χ1n) is 5.49. The minimum absolute atomic E-state index is 0.182. The second kappa shape index (κ2) is 5.38. The van der Waals surface area contributed by atoms with Gasteiger partial charge in [0.15, 0.2) is 0 Å². The van der Waals surface area contributed by atoms with Gasteiger partial charge in [0.2, 0.25) is 10.0 Å². The highest BCUT2D eigenvalue weighted by atomic mass is 35.5. The van der Waals surface area contributed by atoms with Crippen LogP contribution >= 0.6 is 11.6 Å². The summed E-state index contributed by atoms with van der Waals surface area (Å²) in [6, 6.07) is 5.87. The van der Waals surface area contributed by atoms with Gasteiger partial charge >= 0.3 is 6.09 Å². The topological polar surface area (TPSA) is 63.7 Å². The number of halogens is 1. The molecule has 0 aliphatic rings. The molecule has 5 nitrogen and oxygen atoms in total. The number of amides is 1. The summed E-state index contributed by atoms with van der Waals surface area (Å²) in [5.41, 5.74) is -0.604. The van der Waals surface area contributed by atoms with Crippen molar-refractivity contribution < 1.29 is 17.9 Å². The average molecular weight is 306 g/mol. The molecule has 106 valence electrons. The molecule has 1 rings (SSSR count). The number of carbonyl (C=O) groups is 1. The van der Waals surface area contributed by atoms with Crippen LogP contribution in [0.5, 0.6) is 0 Å². The fourth-order valence-corrected chi connectivity index (χ4v) is 2.25. The van der Waals surface area contributed by atoms with E-state index in [-0.39, 0.29) is 5.69 Å². The number of benzene rings is 1. The highest BCUT2D eigenvalue weighted by Gasteiger charge is 2.30. The van der Waals surface area contributed by atoms with Crippen LogP contribution in [0.4, 0.5) is 10.5 Å².